The fraction of sp³-hybridized carbons (Fsp3) is 0.467. The van der Waals surface area contributed by atoms with E-state index in [1.54, 1.807) is 0 Å². The molecule has 0 fully saturated rings. The summed E-state index contributed by atoms with van der Waals surface area (Å²) in [5.74, 6) is 0. The molecular weight excluding hydrogens is 236 g/mol. The third kappa shape index (κ3) is 3.20. The maximum atomic E-state index is 4.50. The summed E-state index contributed by atoms with van der Waals surface area (Å²) in [7, 11) is 1.99. The minimum atomic E-state index is 0.272. The van der Waals surface area contributed by atoms with Gasteiger partial charge >= 0.3 is 0 Å². The van der Waals surface area contributed by atoms with Crippen LogP contribution in [-0.4, -0.2) is 21.8 Å². The summed E-state index contributed by atoms with van der Waals surface area (Å²) in [5.41, 5.74) is 4.76. The van der Waals surface area contributed by atoms with Crippen molar-refractivity contribution in [1.82, 2.24) is 20.1 Å². The smallest absolute Gasteiger partial charge is 0.0596 e. The predicted molar refractivity (Wildman–Crippen MR) is 77.1 cm³/mol. The van der Waals surface area contributed by atoms with E-state index in [4.69, 9.17) is 0 Å². The van der Waals surface area contributed by atoms with Crippen LogP contribution in [-0.2, 0) is 13.0 Å². The Bertz CT molecular complexity index is 545. The third-order valence-electron chi connectivity index (χ3n) is 3.35. The van der Waals surface area contributed by atoms with E-state index < -0.39 is 0 Å². The normalized spacial score (nSPS) is 12.6. The number of hydrogen-bond donors (Lipinski definition) is 1. The van der Waals surface area contributed by atoms with Gasteiger partial charge in [0.2, 0.25) is 0 Å². The summed E-state index contributed by atoms with van der Waals surface area (Å²) in [6.45, 7) is 7.14. The molecule has 2 rings (SSSR count). The molecular formula is C15H22N4. The van der Waals surface area contributed by atoms with Crippen molar-refractivity contribution < 1.29 is 0 Å². The summed E-state index contributed by atoms with van der Waals surface area (Å²) >= 11 is 0. The van der Waals surface area contributed by atoms with Gasteiger partial charge in [0.15, 0.2) is 0 Å². The number of hydrogen-bond acceptors (Lipinski definition) is 3. The first-order chi connectivity index (χ1) is 9.13. The van der Waals surface area contributed by atoms with Gasteiger partial charge in [-0.25, -0.2) is 0 Å². The number of aryl methyl sites for hydroxylation is 3. The van der Waals surface area contributed by atoms with Gasteiger partial charge in [-0.1, -0.05) is 6.07 Å². The standard InChI is InChI=1S/C15H22N4/c1-5-19-14(7-12(3)18-19)8-15(16-4)13-6-11(2)9-17-10-13/h6-7,9-10,15-16H,5,8H2,1-4H3. The van der Waals surface area contributed by atoms with Crippen molar-refractivity contribution >= 4 is 0 Å². The molecule has 0 aromatic carbocycles. The zero-order chi connectivity index (χ0) is 13.8. The molecule has 0 amide bonds. The minimum absolute atomic E-state index is 0.272. The second-order valence-electron chi connectivity index (χ2n) is 4.93. The minimum Gasteiger partial charge on any atom is -0.313 e. The monoisotopic (exact) mass is 258 g/mol. The van der Waals surface area contributed by atoms with E-state index in [9.17, 15) is 0 Å². The fourth-order valence-corrected chi connectivity index (χ4v) is 2.40. The van der Waals surface area contributed by atoms with Gasteiger partial charge in [0.1, 0.15) is 0 Å². The molecule has 1 unspecified atom stereocenters. The first kappa shape index (κ1) is 13.7. The highest BCUT2D eigenvalue weighted by Gasteiger charge is 2.14. The molecule has 2 aromatic heterocycles. The molecule has 0 aliphatic heterocycles. The summed E-state index contributed by atoms with van der Waals surface area (Å²) in [6, 6.07) is 4.62. The molecule has 4 heteroatoms. The van der Waals surface area contributed by atoms with E-state index in [0.29, 0.717) is 0 Å². The lowest BCUT2D eigenvalue weighted by atomic mass is 10.0. The lowest BCUT2D eigenvalue weighted by molar-refractivity contribution is 0.539. The topological polar surface area (TPSA) is 42.7 Å². The second kappa shape index (κ2) is 5.97. The first-order valence-corrected chi connectivity index (χ1v) is 6.76. The Balaban J connectivity index is 2.23. The summed E-state index contributed by atoms with van der Waals surface area (Å²) in [5, 5.41) is 7.87. The molecule has 0 spiro atoms. The molecule has 0 saturated heterocycles. The van der Waals surface area contributed by atoms with Crippen LogP contribution in [0, 0.1) is 13.8 Å². The van der Waals surface area contributed by atoms with Crippen molar-refractivity contribution in [1.29, 1.82) is 0 Å². The fourth-order valence-electron chi connectivity index (χ4n) is 2.40. The van der Waals surface area contributed by atoms with E-state index in [1.165, 1.54) is 16.8 Å². The molecule has 2 heterocycles. The molecule has 0 radical (unpaired) electrons. The molecule has 0 aliphatic rings. The highest BCUT2D eigenvalue weighted by atomic mass is 15.3. The maximum Gasteiger partial charge on any atom is 0.0596 e. The SMILES string of the molecule is CCn1nc(C)cc1CC(NC)c1cncc(C)c1. The number of likely N-dealkylation sites (N-methyl/N-ethyl adjacent to an activating group) is 1. The molecule has 1 N–H and O–H groups in total. The Labute approximate surface area is 114 Å². The number of pyridine rings is 1. The van der Waals surface area contributed by atoms with Crippen LogP contribution < -0.4 is 5.32 Å². The molecule has 0 bridgehead atoms. The highest BCUT2D eigenvalue weighted by molar-refractivity contribution is 5.22. The largest absolute Gasteiger partial charge is 0.313 e. The van der Waals surface area contributed by atoms with Crippen molar-refractivity contribution in [2.24, 2.45) is 0 Å². The Morgan fingerprint density at radius 1 is 1.26 bits per heavy atom. The lowest BCUT2D eigenvalue weighted by Gasteiger charge is -2.17. The maximum absolute atomic E-state index is 4.50. The van der Waals surface area contributed by atoms with Crippen molar-refractivity contribution in [2.45, 2.75) is 39.8 Å². The zero-order valence-corrected chi connectivity index (χ0v) is 12.1. The van der Waals surface area contributed by atoms with Crippen molar-refractivity contribution in [2.75, 3.05) is 7.05 Å². The van der Waals surface area contributed by atoms with Crippen LogP contribution in [0.4, 0.5) is 0 Å². The van der Waals surface area contributed by atoms with Crippen molar-refractivity contribution in [3.8, 4) is 0 Å². The van der Waals surface area contributed by atoms with E-state index in [2.05, 4.69) is 46.1 Å². The van der Waals surface area contributed by atoms with Gasteiger partial charge in [-0.3, -0.25) is 9.67 Å². The van der Waals surface area contributed by atoms with E-state index in [0.717, 1.165) is 18.7 Å². The second-order valence-corrected chi connectivity index (χ2v) is 4.93. The van der Waals surface area contributed by atoms with Gasteiger partial charge in [-0.15, -0.1) is 0 Å². The molecule has 19 heavy (non-hydrogen) atoms. The summed E-state index contributed by atoms with van der Waals surface area (Å²) < 4.78 is 2.07. The zero-order valence-electron chi connectivity index (χ0n) is 12.1. The van der Waals surface area contributed by atoms with Crippen LogP contribution in [0.15, 0.2) is 24.5 Å². The molecule has 0 aliphatic carbocycles. The Kier molecular flexibility index (Phi) is 4.32. The summed E-state index contributed by atoms with van der Waals surface area (Å²) in [6.07, 6.45) is 4.75. The molecule has 0 saturated carbocycles. The van der Waals surface area contributed by atoms with Crippen LogP contribution in [0.3, 0.4) is 0 Å². The van der Waals surface area contributed by atoms with Crippen LogP contribution in [0.1, 0.15) is 35.5 Å². The quantitative estimate of drug-likeness (QED) is 0.895. The predicted octanol–water partition coefficient (Wildman–Crippen LogP) is 2.42. The Hall–Kier alpha value is -1.68. The summed E-state index contributed by atoms with van der Waals surface area (Å²) in [4.78, 5) is 4.28. The molecule has 4 nitrogen and oxygen atoms in total. The molecule has 1 atom stereocenters. The van der Waals surface area contributed by atoms with Gasteiger partial charge in [0, 0.05) is 37.1 Å². The lowest BCUT2D eigenvalue weighted by Crippen LogP contribution is -2.20. The van der Waals surface area contributed by atoms with Crippen LogP contribution in [0.5, 0.6) is 0 Å². The number of aromatic nitrogens is 3. The van der Waals surface area contributed by atoms with Crippen LogP contribution >= 0.6 is 0 Å². The van der Waals surface area contributed by atoms with Gasteiger partial charge in [-0.2, -0.15) is 5.10 Å². The Morgan fingerprint density at radius 2 is 2.05 bits per heavy atom. The third-order valence-corrected chi connectivity index (χ3v) is 3.35. The molecule has 102 valence electrons. The van der Waals surface area contributed by atoms with Gasteiger partial charge in [0.05, 0.1) is 5.69 Å². The van der Waals surface area contributed by atoms with Gasteiger partial charge in [0.25, 0.3) is 0 Å². The number of nitrogens with zero attached hydrogens (tertiary/aromatic N) is 3. The van der Waals surface area contributed by atoms with Gasteiger partial charge < -0.3 is 5.32 Å². The average molecular weight is 258 g/mol. The first-order valence-electron chi connectivity index (χ1n) is 6.76. The van der Waals surface area contributed by atoms with E-state index in [-0.39, 0.29) is 6.04 Å². The van der Waals surface area contributed by atoms with E-state index >= 15 is 0 Å². The highest BCUT2D eigenvalue weighted by Crippen LogP contribution is 2.19. The van der Waals surface area contributed by atoms with Crippen molar-refractivity contribution in [3.05, 3.63) is 47.0 Å². The van der Waals surface area contributed by atoms with Crippen molar-refractivity contribution in [3.63, 3.8) is 0 Å². The Morgan fingerprint density at radius 3 is 2.68 bits per heavy atom. The van der Waals surface area contributed by atoms with Crippen LogP contribution in [0.25, 0.3) is 0 Å². The van der Waals surface area contributed by atoms with Gasteiger partial charge in [-0.05, 0) is 45.0 Å². The van der Waals surface area contributed by atoms with Crippen LogP contribution in [0.2, 0.25) is 0 Å². The average Bonchev–Trinajstić information content (AvgIpc) is 2.76. The van der Waals surface area contributed by atoms with E-state index in [1.807, 2.05) is 26.4 Å². The number of rotatable bonds is 5. The number of nitrogens with one attached hydrogen (secondary N) is 1. The molecule has 2 aromatic rings.